The van der Waals surface area contributed by atoms with E-state index in [0.717, 1.165) is 57.8 Å². The van der Waals surface area contributed by atoms with E-state index in [1.165, 1.54) is 186 Å². The summed E-state index contributed by atoms with van der Waals surface area (Å²) >= 11 is 0. The highest BCUT2D eigenvalue weighted by molar-refractivity contribution is 7.47. The molecule has 0 aromatic rings. The molecule has 0 rings (SSSR count). The fourth-order valence-corrected chi connectivity index (χ4v) is 9.08. The number of esters is 2. The second-order valence-corrected chi connectivity index (χ2v) is 22.5. The maximum Gasteiger partial charge on any atom is 0.472 e. The Labute approximate surface area is 427 Å². The van der Waals surface area contributed by atoms with Gasteiger partial charge in [-0.15, -0.1) is 0 Å². The molecule has 0 aliphatic heterocycles. The minimum Gasteiger partial charge on any atom is -0.462 e. The van der Waals surface area contributed by atoms with Gasteiger partial charge in [-0.05, 0) is 70.6 Å². The molecule has 0 aromatic carbocycles. The summed E-state index contributed by atoms with van der Waals surface area (Å²) in [5.41, 5.74) is 0. The van der Waals surface area contributed by atoms with Crippen molar-refractivity contribution in [2.24, 2.45) is 0 Å². The first kappa shape index (κ1) is 67.2. The standard InChI is InChI=1S/C59H112NO8P/c1-6-8-10-12-14-16-18-20-21-22-23-24-25-26-27-28-29-30-31-32-33-34-35-36-37-38-39-40-42-44-46-48-50-52-59(62)68-57(56-67-69(63,64)66-54-53-60(3,4)5)55-65-58(61)51-49-47-45-43-41-19-17-15-13-11-9-7-2/h15,17-18,20,22-23,57H,6-14,16,19,21,24-56H2,1-5H3/p+1/b17-15-,20-18-,23-22-. The fraction of sp³-hybridized carbons (Fsp3) is 0.864. The van der Waals surface area contributed by atoms with Crippen LogP contribution in [0.15, 0.2) is 36.5 Å². The lowest BCUT2D eigenvalue weighted by Crippen LogP contribution is -2.37. The van der Waals surface area contributed by atoms with Crippen LogP contribution in [0.4, 0.5) is 0 Å². The van der Waals surface area contributed by atoms with Gasteiger partial charge in [0.1, 0.15) is 19.8 Å². The third-order valence-corrected chi connectivity index (χ3v) is 13.9. The number of phosphoric acid groups is 1. The van der Waals surface area contributed by atoms with Crippen LogP contribution in [0.25, 0.3) is 0 Å². The number of carbonyl (C=O) groups excluding carboxylic acids is 2. The highest BCUT2D eigenvalue weighted by atomic mass is 31.2. The van der Waals surface area contributed by atoms with Crippen LogP contribution >= 0.6 is 7.82 Å². The van der Waals surface area contributed by atoms with E-state index in [0.29, 0.717) is 17.4 Å². The van der Waals surface area contributed by atoms with Gasteiger partial charge in [-0.3, -0.25) is 18.6 Å². The van der Waals surface area contributed by atoms with Crippen molar-refractivity contribution in [3.8, 4) is 0 Å². The number of phosphoric ester groups is 1. The molecule has 406 valence electrons. The van der Waals surface area contributed by atoms with E-state index in [1.54, 1.807) is 0 Å². The third kappa shape index (κ3) is 55.4. The molecule has 0 spiro atoms. The van der Waals surface area contributed by atoms with Crippen molar-refractivity contribution in [1.29, 1.82) is 0 Å². The molecular weight excluding hydrogens is 882 g/mol. The quantitative estimate of drug-likeness (QED) is 0.0211. The zero-order valence-corrected chi connectivity index (χ0v) is 47.0. The number of carbonyl (C=O) groups is 2. The second kappa shape index (κ2) is 51.1. The molecule has 9 nitrogen and oxygen atoms in total. The average molecular weight is 996 g/mol. The van der Waals surface area contributed by atoms with Gasteiger partial charge in [-0.2, -0.15) is 0 Å². The summed E-state index contributed by atoms with van der Waals surface area (Å²) in [5.74, 6) is -0.798. The Morgan fingerprint density at radius 3 is 1.19 bits per heavy atom. The lowest BCUT2D eigenvalue weighted by molar-refractivity contribution is -0.870. The molecule has 69 heavy (non-hydrogen) atoms. The predicted molar refractivity (Wildman–Crippen MR) is 294 cm³/mol. The maximum atomic E-state index is 12.8. The number of rotatable bonds is 54. The van der Waals surface area contributed by atoms with Gasteiger partial charge in [0, 0.05) is 12.8 Å². The zero-order chi connectivity index (χ0) is 50.6. The average Bonchev–Trinajstić information content (AvgIpc) is 3.31. The van der Waals surface area contributed by atoms with Crippen molar-refractivity contribution >= 4 is 19.8 Å². The van der Waals surface area contributed by atoms with Crippen LogP contribution in [-0.4, -0.2) is 74.9 Å². The zero-order valence-electron chi connectivity index (χ0n) is 46.1. The molecule has 0 aliphatic carbocycles. The number of allylic oxidation sites excluding steroid dienone is 6. The van der Waals surface area contributed by atoms with E-state index in [4.69, 9.17) is 18.5 Å². The molecule has 2 unspecified atom stereocenters. The van der Waals surface area contributed by atoms with Crippen LogP contribution in [-0.2, 0) is 32.7 Å². The highest BCUT2D eigenvalue weighted by Crippen LogP contribution is 2.43. The SMILES string of the molecule is CCCCC/C=C\CCCCCCCC(=O)OCC(COP(=O)(O)OCC[N+](C)(C)C)OC(=O)CCCCCCCCCCCCCCCCCCCCCCC/C=C\C/C=C\CCCCCCC. The monoisotopic (exact) mass is 995 g/mol. The predicted octanol–water partition coefficient (Wildman–Crippen LogP) is 18.0. The number of likely N-dealkylation sites (N-methyl/N-ethyl adjacent to an activating group) is 1. The largest absolute Gasteiger partial charge is 0.472 e. The summed E-state index contributed by atoms with van der Waals surface area (Å²) in [4.78, 5) is 35.5. The van der Waals surface area contributed by atoms with Gasteiger partial charge in [0.2, 0.25) is 0 Å². The highest BCUT2D eigenvalue weighted by Gasteiger charge is 2.27. The molecule has 1 N–H and O–H groups in total. The van der Waals surface area contributed by atoms with E-state index in [2.05, 4.69) is 50.3 Å². The molecule has 0 bridgehead atoms. The first-order valence-electron chi connectivity index (χ1n) is 29.2. The van der Waals surface area contributed by atoms with E-state index >= 15 is 0 Å². The van der Waals surface area contributed by atoms with Crippen molar-refractivity contribution in [3.63, 3.8) is 0 Å². The van der Waals surface area contributed by atoms with Gasteiger partial charge in [-0.1, -0.05) is 230 Å². The van der Waals surface area contributed by atoms with Gasteiger partial charge in [0.15, 0.2) is 6.10 Å². The first-order chi connectivity index (χ1) is 33.5. The number of hydrogen-bond donors (Lipinski definition) is 1. The molecule has 10 heteroatoms. The molecule has 0 heterocycles. The molecule has 0 aliphatic rings. The summed E-state index contributed by atoms with van der Waals surface area (Å²) in [5, 5.41) is 0. The molecule has 2 atom stereocenters. The van der Waals surface area contributed by atoms with Gasteiger partial charge in [0.05, 0.1) is 27.7 Å². The van der Waals surface area contributed by atoms with Gasteiger partial charge in [0.25, 0.3) is 0 Å². The normalized spacial score (nSPS) is 13.5. The van der Waals surface area contributed by atoms with Crippen molar-refractivity contribution in [2.75, 3.05) is 47.5 Å². The first-order valence-corrected chi connectivity index (χ1v) is 30.7. The number of hydrogen-bond acceptors (Lipinski definition) is 7. The van der Waals surface area contributed by atoms with Gasteiger partial charge < -0.3 is 18.9 Å². The minimum absolute atomic E-state index is 0.0322. The third-order valence-electron chi connectivity index (χ3n) is 12.9. The number of nitrogens with zero attached hydrogens (tertiary/aromatic N) is 1. The van der Waals surface area contributed by atoms with E-state index < -0.39 is 26.5 Å². The number of ether oxygens (including phenoxy) is 2. The maximum absolute atomic E-state index is 12.8. The molecule has 0 fully saturated rings. The lowest BCUT2D eigenvalue weighted by Gasteiger charge is -2.24. The van der Waals surface area contributed by atoms with Gasteiger partial charge in [-0.25, -0.2) is 4.57 Å². The minimum atomic E-state index is -4.38. The van der Waals surface area contributed by atoms with E-state index in [-0.39, 0.29) is 32.0 Å². The van der Waals surface area contributed by atoms with E-state index in [1.807, 2.05) is 21.1 Å². The number of quaternary nitrogens is 1. The summed E-state index contributed by atoms with van der Waals surface area (Å²) in [6.07, 6.45) is 62.4. The Morgan fingerprint density at radius 1 is 0.449 bits per heavy atom. The molecule has 0 saturated carbocycles. The fourth-order valence-electron chi connectivity index (χ4n) is 8.34. The van der Waals surface area contributed by atoms with Crippen LogP contribution < -0.4 is 0 Å². The summed E-state index contributed by atoms with van der Waals surface area (Å²) in [6.45, 7) is 4.41. The lowest BCUT2D eigenvalue weighted by atomic mass is 10.0. The molecule has 0 radical (unpaired) electrons. The topological polar surface area (TPSA) is 108 Å². The Bertz CT molecular complexity index is 1260. The summed E-state index contributed by atoms with van der Waals surface area (Å²) < 4.78 is 34.5. The Hall–Kier alpha value is -1.77. The molecule has 0 amide bonds. The van der Waals surface area contributed by atoms with Crippen LogP contribution in [0.5, 0.6) is 0 Å². The van der Waals surface area contributed by atoms with Gasteiger partial charge >= 0.3 is 19.8 Å². The van der Waals surface area contributed by atoms with Crippen molar-refractivity contribution in [1.82, 2.24) is 0 Å². The Morgan fingerprint density at radius 2 is 0.783 bits per heavy atom. The van der Waals surface area contributed by atoms with Crippen LogP contribution in [0, 0.1) is 0 Å². The van der Waals surface area contributed by atoms with Crippen LogP contribution in [0.3, 0.4) is 0 Å². The summed E-state index contributed by atoms with van der Waals surface area (Å²) in [6, 6.07) is 0. The Kier molecular flexibility index (Phi) is 49.8. The van der Waals surface area contributed by atoms with Crippen LogP contribution in [0.2, 0.25) is 0 Å². The Balaban J connectivity index is 3.97. The number of unbranched alkanes of at least 4 members (excludes halogenated alkanes) is 34. The van der Waals surface area contributed by atoms with Crippen molar-refractivity contribution < 1.29 is 42.1 Å². The summed E-state index contributed by atoms with van der Waals surface area (Å²) in [7, 11) is 1.48. The second-order valence-electron chi connectivity index (χ2n) is 21.0. The van der Waals surface area contributed by atoms with E-state index in [9.17, 15) is 19.0 Å². The van der Waals surface area contributed by atoms with Crippen molar-refractivity contribution in [3.05, 3.63) is 36.5 Å². The molecule has 0 aromatic heterocycles. The molecule has 0 saturated heterocycles. The van der Waals surface area contributed by atoms with Crippen molar-refractivity contribution in [2.45, 2.75) is 283 Å². The molecular formula is C59H113NO8P+. The smallest absolute Gasteiger partial charge is 0.462 e. The van der Waals surface area contributed by atoms with Crippen LogP contribution in [0.1, 0.15) is 277 Å².